The van der Waals surface area contributed by atoms with Gasteiger partial charge in [0.25, 0.3) is 17.7 Å². The number of imide groups is 1. The summed E-state index contributed by atoms with van der Waals surface area (Å²) in [5, 5.41) is 3.17. The van der Waals surface area contributed by atoms with E-state index in [1.165, 1.54) is 24.6 Å². The predicted octanol–water partition coefficient (Wildman–Crippen LogP) is 5.83. The van der Waals surface area contributed by atoms with E-state index in [4.69, 9.17) is 34.8 Å². The van der Waals surface area contributed by atoms with Gasteiger partial charge in [-0.1, -0.05) is 60.1 Å². The summed E-state index contributed by atoms with van der Waals surface area (Å²) in [5.74, 6) is -1.43. The Hall–Kier alpha value is -2.54. The molecule has 0 radical (unpaired) electrons. The van der Waals surface area contributed by atoms with Crippen molar-refractivity contribution < 1.29 is 14.4 Å². The van der Waals surface area contributed by atoms with Crippen molar-refractivity contribution in [2.75, 3.05) is 17.3 Å². The van der Waals surface area contributed by atoms with Crippen molar-refractivity contribution in [2.45, 2.75) is 38.1 Å². The molecular formula is C24H22Cl3N3O3. The summed E-state index contributed by atoms with van der Waals surface area (Å²) in [5.41, 5.74) is 1.05. The molecule has 172 valence electrons. The van der Waals surface area contributed by atoms with Gasteiger partial charge in [-0.15, -0.1) is 0 Å². The molecule has 9 heteroatoms. The Morgan fingerprint density at radius 3 is 2.42 bits per heavy atom. The standard InChI is InChI=1S/C24H22Cl3N3O3/c1-29(17-8-3-2-4-9-17)22(31)14-6-5-7-16(12-14)28-21-20(27)23(32)30(24(21)33)19-11-10-15(25)13-18(19)26/h5-7,10-13,17,28H,2-4,8-9H2,1H3. The molecule has 0 bridgehead atoms. The van der Waals surface area contributed by atoms with E-state index in [1.54, 1.807) is 29.2 Å². The van der Waals surface area contributed by atoms with E-state index >= 15 is 0 Å². The summed E-state index contributed by atoms with van der Waals surface area (Å²) in [6.07, 6.45) is 5.46. The third-order valence-corrected chi connectivity index (χ3v) is 6.89. The Kier molecular flexibility index (Phi) is 6.98. The molecule has 1 N–H and O–H groups in total. The number of amides is 3. The van der Waals surface area contributed by atoms with Crippen LogP contribution in [0.2, 0.25) is 10.0 Å². The highest BCUT2D eigenvalue weighted by atomic mass is 35.5. The molecule has 1 fully saturated rings. The zero-order valence-electron chi connectivity index (χ0n) is 17.9. The largest absolute Gasteiger partial charge is 0.350 e. The number of rotatable bonds is 5. The monoisotopic (exact) mass is 505 g/mol. The van der Waals surface area contributed by atoms with Gasteiger partial charge in [0.05, 0.1) is 10.7 Å². The molecule has 4 rings (SSSR count). The zero-order valence-corrected chi connectivity index (χ0v) is 20.2. The number of benzene rings is 2. The molecule has 2 aromatic rings. The van der Waals surface area contributed by atoms with Gasteiger partial charge in [-0.25, -0.2) is 4.90 Å². The average molecular weight is 507 g/mol. The van der Waals surface area contributed by atoms with Crippen molar-refractivity contribution in [3.63, 3.8) is 0 Å². The van der Waals surface area contributed by atoms with E-state index < -0.39 is 11.8 Å². The highest BCUT2D eigenvalue weighted by Gasteiger charge is 2.40. The topological polar surface area (TPSA) is 69.7 Å². The van der Waals surface area contributed by atoms with Gasteiger partial charge in [-0.05, 0) is 49.2 Å². The average Bonchev–Trinajstić information content (AvgIpc) is 3.02. The van der Waals surface area contributed by atoms with Gasteiger partial charge in [0.1, 0.15) is 10.7 Å². The predicted molar refractivity (Wildman–Crippen MR) is 131 cm³/mol. The van der Waals surface area contributed by atoms with Crippen LogP contribution >= 0.6 is 34.8 Å². The Balaban J connectivity index is 1.54. The second kappa shape index (κ2) is 9.75. The van der Waals surface area contributed by atoms with Crippen LogP contribution in [0.4, 0.5) is 11.4 Å². The molecule has 0 spiro atoms. The Morgan fingerprint density at radius 2 is 1.73 bits per heavy atom. The Bertz CT molecular complexity index is 1160. The molecule has 1 aliphatic heterocycles. The highest BCUT2D eigenvalue weighted by Crippen LogP contribution is 2.35. The fourth-order valence-electron chi connectivity index (χ4n) is 4.20. The summed E-state index contributed by atoms with van der Waals surface area (Å²) < 4.78 is 0. The van der Waals surface area contributed by atoms with E-state index in [1.807, 2.05) is 7.05 Å². The fraction of sp³-hybridized carbons (Fsp3) is 0.292. The van der Waals surface area contributed by atoms with Crippen molar-refractivity contribution in [1.82, 2.24) is 4.90 Å². The summed E-state index contributed by atoms with van der Waals surface area (Å²) in [6, 6.07) is 11.5. The minimum atomic E-state index is -0.697. The first-order chi connectivity index (χ1) is 15.8. The Morgan fingerprint density at radius 1 is 1.00 bits per heavy atom. The third kappa shape index (κ3) is 4.74. The van der Waals surface area contributed by atoms with Crippen LogP contribution in [-0.2, 0) is 9.59 Å². The quantitative estimate of drug-likeness (QED) is 0.518. The minimum absolute atomic E-state index is 0.0853. The third-order valence-electron chi connectivity index (χ3n) is 6.00. The van der Waals surface area contributed by atoms with Crippen LogP contribution in [-0.4, -0.2) is 35.7 Å². The van der Waals surface area contributed by atoms with Gasteiger partial charge in [0, 0.05) is 29.4 Å². The summed E-state index contributed by atoms with van der Waals surface area (Å²) >= 11 is 18.3. The fourth-order valence-corrected chi connectivity index (χ4v) is 4.91. The molecule has 0 saturated heterocycles. The van der Waals surface area contributed by atoms with Crippen molar-refractivity contribution in [3.8, 4) is 0 Å². The zero-order chi connectivity index (χ0) is 23.7. The van der Waals surface area contributed by atoms with Crippen LogP contribution < -0.4 is 10.2 Å². The Labute approximate surface area is 207 Å². The van der Waals surface area contributed by atoms with Gasteiger partial charge in [0.2, 0.25) is 0 Å². The van der Waals surface area contributed by atoms with E-state index in [-0.39, 0.29) is 33.4 Å². The smallest absolute Gasteiger partial charge is 0.283 e. The van der Waals surface area contributed by atoms with Crippen LogP contribution in [0, 0.1) is 0 Å². The van der Waals surface area contributed by atoms with Gasteiger partial charge < -0.3 is 10.2 Å². The number of carbonyl (C=O) groups is 3. The SMILES string of the molecule is CN(C(=O)c1cccc(NC2=C(Cl)C(=O)N(c3ccc(Cl)cc3Cl)C2=O)c1)C1CCCCC1. The van der Waals surface area contributed by atoms with Crippen molar-refractivity contribution >= 4 is 63.9 Å². The van der Waals surface area contributed by atoms with E-state index in [0.717, 1.165) is 30.6 Å². The molecule has 1 saturated carbocycles. The van der Waals surface area contributed by atoms with Crippen LogP contribution in [0.3, 0.4) is 0 Å². The molecule has 0 unspecified atom stereocenters. The molecule has 33 heavy (non-hydrogen) atoms. The summed E-state index contributed by atoms with van der Waals surface area (Å²) in [4.78, 5) is 41.5. The first kappa shape index (κ1) is 23.6. The summed E-state index contributed by atoms with van der Waals surface area (Å²) in [6.45, 7) is 0. The normalized spacial score (nSPS) is 17.0. The number of carbonyl (C=O) groups excluding carboxylic acids is 3. The number of halogens is 3. The maximum atomic E-state index is 13.0. The molecular weight excluding hydrogens is 485 g/mol. The molecule has 2 aromatic carbocycles. The van der Waals surface area contributed by atoms with Crippen LogP contribution in [0.5, 0.6) is 0 Å². The van der Waals surface area contributed by atoms with E-state index in [9.17, 15) is 14.4 Å². The first-order valence-electron chi connectivity index (χ1n) is 10.7. The number of anilines is 2. The maximum Gasteiger partial charge on any atom is 0.283 e. The number of nitrogens with one attached hydrogen (secondary N) is 1. The lowest BCUT2D eigenvalue weighted by Crippen LogP contribution is -2.38. The van der Waals surface area contributed by atoms with Crippen LogP contribution in [0.25, 0.3) is 0 Å². The molecule has 0 atom stereocenters. The second-order valence-electron chi connectivity index (χ2n) is 8.14. The second-order valence-corrected chi connectivity index (χ2v) is 9.37. The lowest BCUT2D eigenvalue weighted by molar-refractivity contribution is -0.120. The highest BCUT2D eigenvalue weighted by molar-refractivity contribution is 6.53. The van der Waals surface area contributed by atoms with E-state index in [2.05, 4.69) is 5.32 Å². The number of nitrogens with zero attached hydrogens (tertiary/aromatic N) is 2. The lowest BCUT2D eigenvalue weighted by Gasteiger charge is -2.31. The number of hydrogen-bond donors (Lipinski definition) is 1. The molecule has 3 amide bonds. The first-order valence-corrected chi connectivity index (χ1v) is 11.8. The summed E-state index contributed by atoms with van der Waals surface area (Å²) in [7, 11) is 1.82. The van der Waals surface area contributed by atoms with Gasteiger partial charge in [0.15, 0.2) is 0 Å². The maximum absolute atomic E-state index is 13.0. The van der Waals surface area contributed by atoms with Gasteiger partial charge in [-0.2, -0.15) is 0 Å². The van der Waals surface area contributed by atoms with Crippen molar-refractivity contribution in [1.29, 1.82) is 0 Å². The lowest BCUT2D eigenvalue weighted by atomic mass is 9.94. The minimum Gasteiger partial charge on any atom is -0.350 e. The van der Waals surface area contributed by atoms with Gasteiger partial charge >= 0.3 is 0 Å². The van der Waals surface area contributed by atoms with Crippen molar-refractivity contribution in [2.24, 2.45) is 0 Å². The molecule has 6 nitrogen and oxygen atoms in total. The molecule has 1 aliphatic carbocycles. The molecule has 1 heterocycles. The molecule has 0 aromatic heterocycles. The van der Waals surface area contributed by atoms with Crippen molar-refractivity contribution in [3.05, 3.63) is 68.8 Å². The number of hydrogen-bond acceptors (Lipinski definition) is 4. The van der Waals surface area contributed by atoms with Crippen LogP contribution in [0.1, 0.15) is 42.5 Å². The van der Waals surface area contributed by atoms with Gasteiger partial charge in [-0.3, -0.25) is 14.4 Å². The van der Waals surface area contributed by atoms with E-state index in [0.29, 0.717) is 16.3 Å². The molecule has 2 aliphatic rings. The van der Waals surface area contributed by atoms with Crippen LogP contribution in [0.15, 0.2) is 53.2 Å².